The van der Waals surface area contributed by atoms with Gasteiger partial charge in [-0.05, 0) is 39.5 Å². The number of halogens is 2. The van der Waals surface area contributed by atoms with E-state index in [1.807, 2.05) is 35.7 Å². The van der Waals surface area contributed by atoms with Gasteiger partial charge in [-0.1, -0.05) is 28.1 Å². The molecular formula is C15H11Br2NOS. The van der Waals surface area contributed by atoms with E-state index in [9.17, 15) is 5.11 Å². The van der Waals surface area contributed by atoms with Gasteiger partial charge in [-0.25, -0.2) is 0 Å². The van der Waals surface area contributed by atoms with Crippen molar-refractivity contribution in [3.63, 3.8) is 0 Å². The van der Waals surface area contributed by atoms with Crippen LogP contribution in [0.15, 0.2) is 50.9 Å². The van der Waals surface area contributed by atoms with E-state index in [-0.39, 0.29) is 0 Å². The largest absolute Gasteiger partial charge is 0.388 e. The summed E-state index contributed by atoms with van der Waals surface area (Å²) in [5.41, 5.74) is 1.71. The zero-order valence-electron chi connectivity index (χ0n) is 10.4. The smallest absolute Gasteiger partial charge is 0.0859 e. The Bertz CT molecular complexity index is 756. The normalized spacial score (nSPS) is 12.8. The molecule has 0 bridgehead atoms. The van der Waals surface area contributed by atoms with Gasteiger partial charge < -0.3 is 5.11 Å². The second-order valence-corrected chi connectivity index (χ2v) is 7.16. The molecule has 2 aromatic heterocycles. The summed E-state index contributed by atoms with van der Waals surface area (Å²) in [4.78, 5) is 5.56. The molecule has 1 N–H and O–H groups in total. The molecule has 0 saturated heterocycles. The summed E-state index contributed by atoms with van der Waals surface area (Å²) < 4.78 is 2.05. The van der Waals surface area contributed by atoms with Crippen LogP contribution in [-0.2, 0) is 6.42 Å². The molecule has 0 spiro atoms. The highest BCUT2D eigenvalue weighted by Crippen LogP contribution is 2.32. The fraction of sp³-hybridized carbons (Fsp3) is 0.133. The van der Waals surface area contributed by atoms with E-state index in [2.05, 4.69) is 36.8 Å². The van der Waals surface area contributed by atoms with Crippen molar-refractivity contribution in [2.24, 2.45) is 0 Å². The molecule has 0 fully saturated rings. The zero-order valence-corrected chi connectivity index (χ0v) is 14.4. The van der Waals surface area contributed by atoms with Gasteiger partial charge in [0.15, 0.2) is 0 Å². The quantitative estimate of drug-likeness (QED) is 0.649. The number of aliphatic hydroxyl groups excluding tert-OH is 1. The van der Waals surface area contributed by atoms with E-state index in [1.54, 1.807) is 17.5 Å². The molecular weight excluding hydrogens is 402 g/mol. The summed E-state index contributed by atoms with van der Waals surface area (Å²) in [6.45, 7) is 0. The molecule has 20 heavy (non-hydrogen) atoms. The molecule has 0 aliphatic carbocycles. The van der Waals surface area contributed by atoms with Gasteiger partial charge in [0.05, 0.1) is 11.6 Å². The van der Waals surface area contributed by atoms with Crippen molar-refractivity contribution < 1.29 is 5.11 Å². The topological polar surface area (TPSA) is 33.1 Å². The minimum absolute atomic E-state index is 0.560. The molecule has 1 atom stereocenters. The number of aliphatic hydroxyl groups is 1. The highest BCUT2D eigenvalue weighted by atomic mass is 79.9. The van der Waals surface area contributed by atoms with Crippen molar-refractivity contribution in [1.82, 2.24) is 4.98 Å². The Hall–Kier alpha value is -0.750. The SMILES string of the molecule is OC(Cc1sccc1Br)c1ccc(Br)c2cccnc12. The molecule has 3 aromatic rings. The van der Waals surface area contributed by atoms with Crippen molar-refractivity contribution in [3.8, 4) is 0 Å². The van der Waals surface area contributed by atoms with Crippen LogP contribution in [0.25, 0.3) is 10.9 Å². The molecule has 3 rings (SSSR count). The second-order valence-electron chi connectivity index (χ2n) is 4.45. The second kappa shape index (κ2) is 5.93. The Morgan fingerprint density at radius 2 is 2.00 bits per heavy atom. The van der Waals surface area contributed by atoms with Crippen LogP contribution in [0.4, 0.5) is 0 Å². The first kappa shape index (κ1) is 14.2. The average molecular weight is 413 g/mol. The van der Waals surface area contributed by atoms with Crippen LogP contribution in [0.2, 0.25) is 0 Å². The lowest BCUT2D eigenvalue weighted by Crippen LogP contribution is -2.03. The van der Waals surface area contributed by atoms with Crippen LogP contribution in [0.3, 0.4) is 0 Å². The van der Waals surface area contributed by atoms with Crippen LogP contribution in [0, 0.1) is 0 Å². The number of hydrogen-bond acceptors (Lipinski definition) is 3. The number of rotatable bonds is 3. The monoisotopic (exact) mass is 411 g/mol. The molecule has 5 heteroatoms. The Labute approximate surface area is 137 Å². The molecule has 0 aliphatic heterocycles. The number of benzene rings is 1. The van der Waals surface area contributed by atoms with Gasteiger partial charge in [-0.3, -0.25) is 4.98 Å². The highest BCUT2D eigenvalue weighted by molar-refractivity contribution is 9.11. The number of fused-ring (bicyclic) bond motifs is 1. The Balaban J connectivity index is 2.02. The van der Waals surface area contributed by atoms with Gasteiger partial charge in [0.2, 0.25) is 0 Å². The zero-order chi connectivity index (χ0) is 14.1. The van der Waals surface area contributed by atoms with Gasteiger partial charge in [0.25, 0.3) is 0 Å². The molecule has 0 radical (unpaired) electrons. The number of hydrogen-bond donors (Lipinski definition) is 1. The van der Waals surface area contributed by atoms with Gasteiger partial charge in [0, 0.05) is 37.4 Å². The van der Waals surface area contributed by atoms with Crippen molar-refractivity contribution in [3.05, 3.63) is 61.3 Å². The van der Waals surface area contributed by atoms with Crippen LogP contribution in [-0.4, -0.2) is 10.1 Å². The lowest BCUT2D eigenvalue weighted by molar-refractivity contribution is 0.180. The third-order valence-corrected chi connectivity index (χ3v) is 5.82. The third kappa shape index (κ3) is 2.68. The van der Waals surface area contributed by atoms with Crippen LogP contribution >= 0.6 is 43.2 Å². The summed E-state index contributed by atoms with van der Waals surface area (Å²) in [6, 6.07) is 9.81. The summed E-state index contributed by atoms with van der Waals surface area (Å²) in [5, 5.41) is 13.6. The van der Waals surface area contributed by atoms with Crippen molar-refractivity contribution in [1.29, 1.82) is 0 Å². The molecule has 0 aliphatic rings. The van der Waals surface area contributed by atoms with Crippen LogP contribution in [0.5, 0.6) is 0 Å². The van der Waals surface area contributed by atoms with Gasteiger partial charge in [-0.15, -0.1) is 11.3 Å². The summed E-state index contributed by atoms with van der Waals surface area (Å²) in [7, 11) is 0. The summed E-state index contributed by atoms with van der Waals surface area (Å²) in [6.07, 6.45) is 1.79. The fourth-order valence-corrected chi connectivity index (χ4v) is 4.19. The average Bonchev–Trinajstić information content (AvgIpc) is 2.85. The lowest BCUT2D eigenvalue weighted by atomic mass is 10.0. The first-order valence-electron chi connectivity index (χ1n) is 6.10. The van der Waals surface area contributed by atoms with E-state index in [0.717, 1.165) is 30.3 Å². The summed E-state index contributed by atoms with van der Waals surface area (Å²) in [5.74, 6) is 0. The maximum absolute atomic E-state index is 10.5. The van der Waals surface area contributed by atoms with Gasteiger partial charge >= 0.3 is 0 Å². The molecule has 2 heterocycles. The number of aromatic nitrogens is 1. The van der Waals surface area contributed by atoms with Crippen molar-refractivity contribution in [2.75, 3.05) is 0 Å². The van der Waals surface area contributed by atoms with E-state index < -0.39 is 6.10 Å². The third-order valence-electron chi connectivity index (χ3n) is 3.18. The maximum Gasteiger partial charge on any atom is 0.0859 e. The molecule has 102 valence electrons. The number of thiophene rings is 1. The minimum Gasteiger partial charge on any atom is -0.388 e. The Kier molecular flexibility index (Phi) is 4.21. The first-order chi connectivity index (χ1) is 9.66. The van der Waals surface area contributed by atoms with E-state index in [0.29, 0.717) is 6.42 Å². The van der Waals surface area contributed by atoms with E-state index in [1.165, 1.54) is 0 Å². The maximum atomic E-state index is 10.5. The molecule has 1 aromatic carbocycles. The van der Waals surface area contributed by atoms with Crippen molar-refractivity contribution in [2.45, 2.75) is 12.5 Å². The van der Waals surface area contributed by atoms with Crippen LogP contribution < -0.4 is 0 Å². The number of nitrogens with zero attached hydrogens (tertiary/aromatic N) is 1. The Morgan fingerprint density at radius 1 is 1.15 bits per heavy atom. The minimum atomic E-state index is -0.560. The van der Waals surface area contributed by atoms with E-state index in [4.69, 9.17) is 0 Å². The predicted octanol–water partition coefficient (Wildman–Crippen LogP) is 5.10. The highest BCUT2D eigenvalue weighted by Gasteiger charge is 2.16. The molecule has 0 amide bonds. The lowest BCUT2D eigenvalue weighted by Gasteiger charge is -2.13. The molecule has 0 saturated carbocycles. The standard InChI is InChI=1S/C15H11Br2NOS/c16-11-4-3-10(15-9(11)2-1-6-18-15)13(19)8-14-12(17)5-7-20-14/h1-7,13,19H,8H2. The van der Waals surface area contributed by atoms with Crippen LogP contribution in [0.1, 0.15) is 16.5 Å². The van der Waals surface area contributed by atoms with E-state index >= 15 is 0 Å². The number of pyridine rings is 1. The Morgan fingerprint density at radius 3 is 2.75 bits per heavy atom. The first-order valence-corrected chi connectivity index (χ1v) is 8.56. The summed E-state index contributed by atoms with van der Waals surface area (Å²) >= 11 is 8.67. The predicted molar refractivity (Wildman–Crippen MR) is 90.1 cm³/mol. The van der Waals surface area contributed by atoms with Gasteiger partial charge in [0.1, 0.15) is 0 Å². The fourth-order valence-electron chi connectivity index (χ4n) is 2.18. The van der Waals surface area contributed by atoms with Crippen molar-refractivity contribution >= 4 is 54.1 Å². The molecule has 1 unspecified atom stereocenters. The van der Waals surface area contributed by atoms with Gasteiger partial charge in [-0.2, -0.15) is 0 Å². The molecule has 2 nitrogen and oxygen atoms in total.